The Hall–Kier alpha value is -0.810. The zero-order chi connectivity index (χ0) is 11.7. The number of benzene rings is 1. The SMILES string of the molecule is CC(CN)c1c(F)c(Br)cc2c1OCCO2. The second-order valence-corrected chi connectivity index (χ2v) is 4.60. The summed E-state index contributed by atoms with van der Waals surface area (Å²) >= 11 is 3.17. The Labute approximate surface area is 102 Å². The lowest BCUT2D eigenvalue weighted by Crippen LogP contribution is -2.20. The van der Waals surface area contributed by atoms with Gasteiger partial charge < -0.3 is 15.2 Å². The minimum absolute atomic E-state index is 0.104. The topological polar surface area (TPSA) is 44.5 Å². The van der Waals surface area contributed by atoms with Gasteiger partial charge in [-0.3, -0.25) is 0 Å². The maximum atomic E-state index is 14.0. The van der Waals surface area contributed by atoms with E-state index < -0.39 is 0 Å². The zero-order valence-electron chi connectivity index (χ0n) is 8.93. The molecule has 0 aliphatic carbocycles. The maximum absolute atomic E-state index is 14.0. The molecule has 2 N–H and O–H groups in total. The summed E-state index contributed by atoms with van der Waals surface area (Å²) in [5.74, 6) is 0.648. The summed E-state index contributed by atoms with van der Waals surface area (Å²) in [7, 11) is 0. The number of fused-ring (bicyclic) bond motifs is 1. The van der Waals surface area contributed by atoms with Crippen LogP contribution in [-0.2, 0) is 0 Å². The van der Waals surface area contributed by atoms with Gasteiger partial charge in [-0.2, -0.15) is 0 Å². The molecular weight excluding hydrogens is 277 g/mol. The molecule has 1 heterocycles. The van der Waals surface area contributed by atoms with Crippen molar-refractivity contribution in [2.45, 2.75) is 12.8 Å². The molecule has 0 aromatic heterocycles. The lowest BCUT2D eigenvalue weighted by molar-refractivity contribution is 0.168. The molecular formula is C11H13BrFNO2. The van der Waals surface area contributed by atoms with Crippen LogP contribution in [0.3, 0.4) is 0 Å². The van der Waals surface area contributed by atoms with Crippen molar-refractivity contribution in [1.29, 1.82) is 0 Å². The average Bonchev–Trinajstić information content (AvgIpc) is 2.30. The van der Waals surface area contributed by atoms with E-state index in [0.29, 0.717) is 41.3 Å². The minimum atomic E-state index is -0.317. The Bertz CT molecular complexity index is 411. The van der Waals surface area contributed by atoms with Crippen LogP contribution in [0, 0.1) is 5.82 Å². The largest absolute Gasteiger partial charge is 0.486 e. The van der Waals surface area contributed by atoms with Crippen LogP contribution < -0.4 is 15.2 Å². The predicted octanol–water partition coefficient (Wildman–Crippen LogP) is 2.42. The lowest BCUT2D eigenvalue weighted by Gasteiger charge is -2.24. The van der Waals surface area contributed by atoms with E-state index >= 15 is 0 Å². The molecule has 88 valence electrons. The van der Waals surface area contributed by atoms with E-state index in [1.165, 1.54) is 0 Å². The molecule has 1 atom stereocenters. The average molecular weight is 290 g/mol. The highest BCUT2D eigenvalue weighted by molar-refractivity contribution is 9.10. The van der Waals surface area contributed by atoms with E-state index in [0.717, 1.165) is 0 Å². The van der Waals surface area contributed by atoms with E-state index in [1.807, 2.05) is 6.92 Å². The Morgan fingerprint density at radius 2 is 2.19 bits per heavy atom. The summed E-state index contributed by atoms with van der Waals surface area (Å²) in [5.41, 5.74) is 6.07. The number of ether oxygens (including phenoxy) is 2. The van der Waals surface area contributed by atoms with Crippen LogP contribution in [-0.4, -0.2) is 19.8 Å². The van der Waals surface area contributed by atoms with Gasteiger partial charge in [0.15, 0.2) is 11.5 Å². The van der Waals surface area contributed by atoms with Gasteiger partial charge in [-0.15, -0.1) is 0 Å². The smallest absolute Gasteiger partial charge is 0.167 e. The molecule has 3 nitrogen and oxygen atoms in total. The fraction of sp³-hybridized carbons (Fsp3) is 0.455. The Morgan fingerprint density at radius 1 is 1.50 bits per heavy atom. The summed E-state index contributed by atoms with van der Waals surface area (Å²) in [6.45, 7) is 3.16. The minimum Gasteiger partial charge on any atom is -0.486 e. The van der Waals surface area contributed by atoms with Crippen LogP contribution in [0.15, 0.2) is 10.5 Å². The van der Waals surface area contributed by atoms with E-state index in [4.69, 9.17) is 15.2 Å². The van der Waals surface area contributed by atoms with Crippen LogP contribution in [0.1, 0.15) is 18.4 Å². The molecule has 1 aromatic rings. The fourth-order valence-corrected chi connectivity index (χ4v) is 2.14. The molecule has 1 aliphatic rings. The van der Waals surface area contributed by atoms with Crippen molar-refractivity contribution >= 4 is 15.9 Å². The van der Waals surface area contributed by atoms with Crippen molar-refractivity contribution in [3.8, 4) is 11.5 Å². The molecule has 1 unspecified atom stereocenters. The molecule has 0 saturated carbocycles. The van der Waals surface area contributed by atoms with E-state index in [2.05, 4.69) is 15.9 Å². The van der Waals surface area contributed by atoms with E-state index in [1.54, 1.807) is 6.07 Å². The number of hydrogen-bond donors (Lipinski definition) is 1. The molecule has 1 aromatic carbocycles. The number of rotatable bonds is 2. The van der Waals surface area contributed by atoms with Gasteiger partial charge in [-0.25, -0.2) is 4.39 Å². The molecule has 1 aliphatic heterocycles. The third-order valence-electron chi connectivity index (χ3n) is 2.61. The molecule has 0 radical (unpaired) electrons. The van der Waals surface area contributed by atoms with Gasteiger partial charge >= 0.3 is 0 Å². The molecule has 0 saturated heterocycles. The Kier molecular flexibility index (Phi) is 3.35. The maximum Gasteiger partial charge on any atom is 0.167 e. The highest BCUT2D eigenvalue weighted by Crippen LogP contribution is 2.42. The van der Waals surface area contributed by atoms with Gasteiger partial charge in [0.25, 0.3) is 0 Å². The van der Waals surface area contributed by atoms with Crippen molar-refractivity contribution < 1.29 is 13.9 Å². The Balaban J connectivity index is 2.59. The third-order valence-corrected chi connectivity index (χ3v) is 3.18. The summed E-state index contributed by atoms with van der Waals surface area (Å²) in [6.07, 6.45) is 0. The summed E-state index contributed by atoms with van der Waals surface area (Å²) < 4.78 is 25.3. The van der Waals surface area contributed by atoms with Crippen LogP contribution in [0.2, 0.25) is 0 Å². The number of hydrogen-bond acceptors (Lipinski definition) is 3. The van der Waals surface area contributed by atoms with Crippen molar-refractivity contribution in [3.63, 3.8) is 0 Å². The standard InChI is InChI=1S/C11H13BrFNO2/c1-6(5-14)9-10(13)7(12)4-8-11(9)16-3-2-15-8/h4,6H,2-3,5,14H2,1H3. The number of halogens is 2. The molecule has 16 heavy (non-hydrogen) atoms. The fourth-order valence-electron chi connectivity index (χ4n) is 1.71. The van der Waals surface area contributed by atoms with Gasteiger partial charge in [0.2, 0.25) is 0 Å². The van der Waals surface area contributed by atoms with Gasteiger partial charge in [0, 0.05) is 17.5 Å². The summed E-state index contributed by atoms with van der Waals surface area (Å²) in [4.78, 5) is 0. The van der Waals surface area contributed by atoms with Crippen LogP contribution in [0.25, 0.3) is 0 Å². The van der Waals surface area contributed by atoms with Gasteiger partial charge in [-0.1, -0.05) is 6.92 Å². The molecule has 0 fully saturated rings. The zero-order valence-corrected chi connectivity index (χ0v) is 10.5. The first-order chi connectivity index (χ1) is 7.65. The molecule has 0 amide bonds. The molecule has 0 bridgehead atoms. The summed E-state index contributed by atoms with van der Waals surface area (Å²) in [6, 6.07) is 1.59. The quantitative estimate of drug-likeness (QED) is 0.909. The molecule has 2 rings (SSSR count). The number of nitrogens with two attached hydrogens (primary N) is 1. The van der Waals surface area contributed by atoms with E-state index in [-0.39, 0.29) is 11.7 Å². The second-order valence-electron chi connectivity index (χ2n) is 3.75. The van der Waals surface area contributed by atoms with Crippen LogP contribution in [0.5, 0.6) is 11.5 Å². The van der Waals surface area contributed by atoms with Crippen molar-refractivity contribution in [2.75, 3.05) is 19.8 Å². The normalized spacial score (nSPS) is 16.0. The van der Waals surface area contributed by atoms with Crippen molar-refractivity contribution in [1.82, 2.24) is 0 Å². The summed E-state index contributed by atoms with van der Waals surface area (Å²) in [5, 5.41) is 0. The highest BCUT2D eigenvalue weighted by atomic mass is 79.9. The van der Waals surface area contributed by atoms with Crippen molar-refractivity contribution in [2.24, 2.45) is 5.73 Å². The Morgan fingerprint density at radius 3 is 2.88 bits per heavy atom. The highest BCUT2D eigenvalue weighted by Gasteiger charge is 2.25. The van der Waals surface area contributed by atoms with Crippen LogP contribution >= 0.6 is 15.9 Å². The lowest BCUT2D eigenvalue weighted by atomic mass is 9.99. The molecule has 0 spiro atoms. The van der Waals surface area contributed by atoms with E-state index in [9.17, 15) is 4.39 Å². The first-order valence-corrected chi connectivity index (χ1v) is 5.92. The van der Waals surface area contributed by atoms with Gasteiger partial charge in [-0.05, 0) is 22.5 Å². The second kappa shape index (κ2) is 4.59. The van der Waals surface area contributed by atoms with Gasteiger partial charge in [0.1, 0.15) is 19.0 Å². The third kappa shape index (κ3) is 1.89. The monoisotopic (exact) mass is 289 g/mol. The predicted molar refractivity (Wildman–Crippen MR) is 62.6 cm³/mol. The molecule has 5 heteroatoms. The van der Waals surface area contributed by atoms with Gasteiger partial charge in [0.05, 0.1) is 4.47 Å². The van der Waals surface area contributed by atoms with Crippen molar-refractivity contribution in [3.05, 3.63) is 21.9 Å². The first kappa shape index (κ1) is 11.7. The first-order valence-electron chi connectivity index (χ1n) is 5.12. The van der Waals surface area contributed by atoms with Crippen LogP contribution in [0.4, 0.5) is 4.39 Å².